The zero-order valence-electron chi connectivity index (χ0n) is 45.7. The van der Waals surface area contributed by atoms with Gasteiger partial charge in [0.1, 0.15) is 0 Å². The van der Waals surface area contributed by atoms with Crippen molar-refractivity contribution in [3.05, 3.63) is 432 Å². The second-order valence-electron chi connectivity index (χ2n) is 19.7. The third kappa shape index (κ3) is 15.5. The summed E-state index contributed by atoms with van der Waals surface area (Å²) in [5.41, 5.74) is 10.3. The van der Waals surface area contributed by atoms with E-state index in [-0.39, 0.29) is 78.5 Å². The molecule has 0 saturated carbocycles. The molecular formula is C78H64Au3P2-2. The summed E-state index contributed by atoms with van der Waals surface area (Å²) in [4.78, 5) is 0. The summed E-state index contributed by atoms with van der Waals surface area (Å²) < 4.78 is 0. The Labute approximate surface area is 542 Å². The van der Waals surface area contributed by atoms with Crippen molar-refractivity contribution in [2.24, 2.45) is 0 Å². The maximum atomic E-state index is 2.33. The molecule has 0 unspecified atom stereocenters. The van der Waals surface area contributed by atoms with Crippen molar-refractivity contribution in [2.45, 2.75) is 11.3 Å². The first kappa shape index (κ1) is 62.3. The van der Waals surface area contributed by atoms with Crippen LogP contribution in [0.1, 0.15) is 44.5 Å². The van der Waals surface area contributed by atoms with Gasteiger partial charge in [0.25, 0.3) is 0 Å². The Morgan fingerprint density at radius 1 is 0.157 bits per heavy atom. The van der Waals surface area contributed by atoms with E-state index >= 15 is 0 Å². The molecule has 0 bridgehead atoms. The van der Waals surface area contributed by atoms with E-state index in [2.05, 4.69) is 364 Å². The molecule has 0 nitrogen and oxygen atoms in total. The molecule has 0 fully saturated rings. The number of benzene rings is 12. The number of hydrogen-bond acceptors (Lipinski definition) is 0. The Bertz CT molecular complexity index is 2770. The fraction of sp³-hybridized carbons (Fsp3) is 0.0256. The van der Waals surface area contributed by atoms with Gasteiger partial charge in [-0.3, -0.25) is 0 Å². The van der Waals surface area contributed by atoms with Crippen molar-refractivity contribution in [1.29, 1.82) is 0 Å². The summed E-state index contributed by atoms with van der Waals surface area (Å²) in [6.07, 6.45) is 0. The largest absolute Gasteiger partial charge is 0.119 e. The molecule has 0 aliphatic heterocycles. The van der Waals surface area contributed by atoms with Crippen LogP contribution in [0.3, 0.4) is 0 Å². The van der Waals surface area contributed by atoms with Crippen molar-refractivity contribution in [2.75, 3.05) is 0 Å². The minimum absolute atomic E-state index is 0. The zero-order valence-corrected chi connectivity index (χ0v) is 54.2. The predicted molar refractivity (Wildman–Crippen MR) is 346 cm³/mol. The first-order valence-corrected chi connectivity index (χ1v) is 30.8. The predicted octanol–water partition coefficient (Wildman–Crippen LogP) is 17.1. The summed E-state index contributed by atoms with van der Waals surface area (Å²) >= 11 is 0. The molecule has 3 radical (unpaired) electrons. The fourth-order valence-corrected chi connectivity index (χ4v) is 18.0. The maximum Gasteiger partial charge on any atom is 0.0963 e. The quantitative estimate of drug-likeness (QED) is 0.0456. The van der Waals surface area contributed by atoms with Crippen LogP contribution in [0.15, 0.2) is 364 Å². The van der Waals surface area contributed by atoms with Crippen molar-refractivity contribution < 1.29 is 67.1 Å². The second-order valence-corrected chi connectivity index (χ2v) is 24.9. The molecule has 12 aromatic rings. The van der Waals surface area contributed by atoms with Crippen LogP contribution in [-0.4, -0.2) is 11.3 Å². The Kier molecular flexibility index (Phi) is 24.2. The van der Waals surface area contributed by atoms with Gasteiger partial charge < -0.3 is 0 Å². The van der Waals surface area contributed by atoms with E-state index in [0.29, 0.717) is 0 Å². The Hall–Kier alpha value is -6.80. The first-order valence-electron chi connectivity index (χ1n) is 27.7. The molecule has 421 valence electrons. The summed E-state index contributed by atoms with van der Waals surface area (Å²) in [6, 6.07) is 133. The summed E-state index contributed by atoms with van der Waals surface area (Å²) in [7, 11) is -2.80. The molecular weight excluding hydrogens is 1590 g/mol. The van der Waals surface area contributed by atoms with E-state index in [1.807, 2.05) is 0 Å². The Morgan fingerprint density at radius 3 is 0.386 bits per heavy atom. The van der Waals surface area contributed by atoms with Crippen LogP contribution in [0.25, 0.3) is 0 Å². The molecule has 12 rings (SSSR count). The van der Waals surface area contributed by atoms with Crippen LogP contribution < -0.4 is 21.2 Å². The SMILES string of the molecule is [Au].[Au].[Au].c1ccc([C-](c2ccccc2)C([C-](c2ccccc2)c2ccccc2)[PH+](c2ccccc2)c2ccccc2)cc1.c1ccc([C-](c2ccccc2)C([C-](c2ccccc2)c2ccccc2)[PH+](c2ccccc2)c2ccccc2)cc1. The van der Waals surface area contributed by atoms with Gasteiger partial charge >= 0.3 is 0 Å². The molecule has 0 N–H and O–H groups in total. The molecule has 83 heavy (non-hydrogen) atoms. The molecule has 0 aromatic heterocycles. The first-order chi connectivity index (χ1) is 39.8. The van der Waals surface area contributed by atoms with E-state index in [1.54, 1.807) is 0 Å². The third-order valence-electron chi connectivity index (χ3n) is 14.7. The topological polar surface area (TPSA) is 0 Å². The summed E-state index contributed by atoms with van der Waals surface area (Å²) in [6.45, 7) is 0. The van der Waals surface area contributed by atoms with Crippen LogP contribution in [-0.2, 0) is 67.1 Å². The molecule has 5 heteroatoms. The van der Waals surface area contributed by atoms with Gasteiger partial charge in [-0.05, 0) is 48.5 Å². The minimum atomic E-state index is -1.40. The third-order valence-corrected chi connectivity index (χ3v) is 20.9. The van der Waals surface area contributed by atoms with E-state index in [0.717, 1.165) is 0 Å². The number of hydrogen-bond donors (Lipinski definition) is 0. The van der Waals surface area contributed by atoms with E-state index < -0.39 is 15.8 Å². The van der Waals surface area contributed by atoms with Crippen molar-refractivity contribution in [1.82, 2.24) is 0 Å². The van der Waals surface area contributed by atoms with Gasteiger partial charge in [-0.15, -0.1) is 142 Å². The smallest absolute Gasteiger partial charge is 0.0963 e. The molecule has 0 saturated heterocycles. The van der Waals surface area contributed by atoms with Crippen LogP contribution >= 0.6 is 15.8 Å². The Morgan fingerprint density at radius 2 is 0.265 bits per heavy atom. The normalized spacial score (nSPS) is 10.6. The van der Waals surface area contributed by atoms with Crippen molar-refractivity contribution in [3.63, 3.8) is 0 Å². The average molecular weight is 1650 g/mol. The Balaban J connectivity index is 0.000000209. The van der Waals surface area contributed by atoms with Crippen LogP contribution in [0.4, 0.5) is 0 Å². The minimum Gasteiger partial charge on any atom is -0.119 e. The molecule has 0 heterocycles. The maximum absolute atomic E-state index is 2.33. The average Bonchev–Trinajstić information content (AvgIpc) is 3.13. The monoisotopic (exact) mass is 1650 g/mol. The van der Waals surface area contributed by atoms with Crippen molar-refractivity contribution >= 4 is 37.1 Å². The van der Waals surface area contributed by atoms with Crippen LogP contribution in [0.2, 0.25) is 0 Å². The molecule has 0 atom stereocenters. The molecule has 0 amide bonds. The molecule has 0 aliphatic rings. The molecule has 12 aromatic carbocycles. The van der Waals surface area contributed by atoms with Gasteiger partial charge in [0.2, 0.25) is 0 Å². The van der Waals surface area contributed by atoms with Gasteiger partial charge in [0, 0.05) is 67.1 Å². The standard InChI is InChI=1S/2C39H31P.3Au/c2*1-7-19-31(20-8-1)37(32-21-9-2-10-22-32)39(38(33-23-11-3-12-24-33)34-25-13-4-14-26-34)40(35-27-15-5-16-28-35)36-29-17-6-18-30-36;;;/h2*1-30,39H;;;/q2*-2;;;/p+2. The summed E-state index contributed by atoms with van der Waals surface area (Å²) in [5, 5.41) is 5.60. The van der Waals surface area contributed by atoms with E-state index in [9.17, 15) is 0 Å². The summed E-state index contributed by atoms with van der Waals surface area (Å²) in [5.74, 6) is 5.46. The van der Waals surface area contributed by atoms with E-state index in [1.165, 1.54) is 89.4 Å². The van der Waals surface area contributed by atoms with Crippen LogP contribution in [0, 0.1) is 23.7 Å². The van der Waals surface area contributed by atoms with Crippen molar-refractivity contribution in [3.8, 4) is 0 Å². The van der Waals surface area contributed by atoms with Gasteiger partial charge in [0.05, 0.1) is 48.4 Å². The van der Waals surface area contributed by atoms with Gasteiger partial charge in [0.15, 0.2) is 0 Å². The number of rotatable bonds is 18. The molecule has 0 spiro atoms. The van der Waals surface area contributed by atoms with Gasteiger partial charge in [-0.25, -0.2) is 0 Å². The fourth-order valence-electron chi connectivity index (χ4n) is 11.3. The van der Waals surface area contributed by atoms with Crippen LogP contribution in [0.5, 0.6) is 0 Å². The van der Waals surface area contributed by atoms with Gasteiger partial charge in [-0.2, -0.15) is 0 Å². The van der Waals surface area contributed by atoms with E-state index in [4.69, 9.17) is 0 Å². The molecule has 0 aliphatic carbocycles. The zero-order chi connectivity index (χ0) is 54.0. The second kappa shape index (κ2) is 32.3. The van der Waals surface area contributed by atoms with Gasteiger partial charge in [-0.1, -0.05) is 242 Å².